The zero-order valence-corrected chi connectivity index (χ0v) is 13.7. The van der Waals surface area contributed by atoms with Gasteiger partial charge in [-0.3, -0.25) is 0 Å². The van der Waals surface area contributed by atoms with E-state index in [0.29, 0.717) is 6.54 Å². The molecule has 0 aromatic heterocycles. The molecule has 3 N–H and O–H groups in total. The summed E-state index contributed by atoms with van der Waals surface area (Å²) >= 11 is 0. The summed E-state index contributed by atoms with van der Waals surface area (Å²) in [5.74, 6) is -0.216. The van der Waals surface area contributed by atoms with Crippen molar-refractivity contribution >= 4 is 0 Å². The van der Waals surface area contributed by atoms with Crippen LogP contribution in [0.2, 0.25) is 0 Å². The molecule has 0 saturated carbocycles. The Morgan fingerprint density at radius 1 is 0.625 bits per heavy atom. The summed E-state index contributed by atoms with van der Waals surface area (Å²) in [4.78, 5) is 0. The molecule has 2 nitrogen and oxygen atoms in total. The van der Waals surface area contributed by atoms with E-state index in [1.165, 1.54) is 23.3 Å². The van der Waals surface area contributed by atoms with Gasteiger partial charge in [0.25, 0.3) is 0 Å². The van der Waals surface area contributed by atoms with Crippen LogP contribution in [0, 0.1) is 5.82 Å². The molecular weight excluding hydrogens is 299 g/mol. The average molecular weight is 322 g/mol. The second-order valence-corrected chi connectivity index (χ2v) is 5.41. The third kappa shape index (κ3) is 6.73. The van der Waals surface area contributed by atoms with Crippen LogP contribution in [-0.2, 0) is 19.6 Å². The Labute approximate surface area is 143 Å². The maximum atomic E-state index is 12.2. The van der Waals surface area contributed by atoms with Gasteiger partial charge < -0.3 is 11.1 Å². The fraction of sp³-hybridized carbons (Fsp3) is 0.143. The fourth-order valence-electron chi connectivity index (χ4n) is 2.16. The zero-order chi connectivity index (χ0) is 17.0. The highest BCUT2D eigenvalue weighted by atomic mass is 19.1. The normalized spacial score (nSPS) is 9.92. The molecule has 0 saturated heterocycles. The first kappa shape index (κ1) is 17.9. The molecule has 0 amide bonds. The highest BCUT2D eigenvalue weighted by Crippen LogP contribution is 2.01. The molecule has 124 valence electrons. The van der Waals surface area contributed by atoms with Crippen LogP contribution >= 0.6 is 0 Å². The van der Waals surface area contributed by atoms with Crippen LogP contribution in [-0.4, -0.2) is 0 Å². The fourth-order valence-corrected chi connectivity index (χ4v) is 2.16. The van der Waals surface area contributed by atoms with Gasteiger partial charge in [-0.1, -0.05) is 72.8 Å². The molecule has 0 unspecified atom stereocenters. The van der Waals surface area contributed by atoms with Crippen LogP contribution in [0.15, 0.2) is 84.9 Å². The van der Waals surface area contributed by atoms with Gasteiger partial charge >= 0.3 is 0 Å². The van der Waals surface area contributed by atoms with Crippen LogP contribution < -0.4 is 11.1 Å². The Hall–Kier alpha value is -2.49. The van der Waals surface area contributed by atoms with Gasteiger partial charge in [-0.05, 0) is 28.8 Å². The number of halogens is 1. The standard InChI is InChI=1S/C14H15N.C7H8FN/c1-3-7-13(8-4-1)11-15-12-14-9-5-2-6-10-14;8-7-3-1-6(5-9)2-4-7/h1-10,15H,11-12H2;1-4H,5,9H2. The van der Waals surface area contributed by atoms with Crippen molar-refractivity contribution in [3.63, 3.8) is 0 Å². The molecule has 0 aliphatic carbocycles. The van der Waals surface area contributed by atoms with Gasteiger partial charge in [-0.25, -0.2) is 4.39 Å². The lowest BCUT2D eigenvalue weighted by Crippen LogP contribution is -2.12. The maximum Gasteiger partial charge on any atom is 0.123 e. The summed E-state index contributed by atoms with van der Waals surface area (Å²) in [7, 11) is 0. The molecule has 0 heterocycles. The molecule has 0 aliphatic heterocycles. The van der Waals surface area contributed by atoms with Crippen molar-refractivity contribution in [2.24, 2.45) is 5.73 Å². The predicted octanol–water partition coefficient (Wildman–Crippen LogP) is 4.26. The summed E-state index contributed by atoms with van der Waals surface area (Å²) < 4.78 is 12.2. The van der Waals surface area contributed by atoms with Crippen molar-refractivity contribution in [3.05, 3.63) is 107 Å². The van der Waals surface area contributed by atoms with Crippen molar-refractivity contribution in [1.82, 2.24) is 5.32 Å². The Morgan fingerprint density at radius 3 is 1.50 bits per heavy atom. The van der Waals surface area contributed by atoms with E-state index in [4.69, 9.17) is 5.73 Å². The highest BCUT2D eigenvalue weighted by molar-refractivity contribution is 5.17. The molecule has 0 bridgehead atoms. The van der Waals surface area contributed by atoms with Crippen molar-refractivity contribution in [2.75, 3.05) is 0 Å². The van der Waals surface area contributed by atoms with Crippen molar-refractivity contribution < 1.29 is 4.39 Å². The SMILES string of the molecule is NCc1ccc(F)cc1.c1ccc(CNCc2ccccc2)cc1. The molecule has 0 radical (unpaired) electrons. The lowest BCUT2D eigenvalue weighted by Gasteiger charge is -2.04. The van der Waals surface area contributed by atoms with Crippen LogP contribution in [0.25, 0.3) is 0 Å². The van der Waals surface area contributed by atoms with Crippen LogP contribution in [0.5, 0.6) is 0 Å². The van der Waals surface area contributed by atoms with E-state index in [1.807, 2.05) is 12.1 Å². The minimum atomic E-state index is -0.216. The van der Waals surface area contributed by atoms with E-state index in [0.717, 1.165) is 18.7 Å². The topological polar surface area (TPSA) is 38.0 Å². The zero-order valence-electron chi connectivity index (χ0n) is 13.7. The summed E-state index contributed by atoms with van der Waals surface area (Å²) in [5, 5.41) is 3.42. The van der Waals surface area contributed by atoms with Gasteiger partial charge in [0.05, 0.1) is 0 Å². The van der Waals surface area contributed by atoms with Crippen molar-refractivity contribution in [2.45, 2.75) is 19.6 Å². The second kappa shape index (κ2) is 10.3. The van der Waals surface area contributed by atoms with Gasteiger partial charge in [-0.15, -0.1) is 0 Å². The van der Waals surface area contributed by atoms with Gasteiger partial charge in [-0.2, -0.15) is 0 Å². The molecule has 0 atom stereocenters. The van der Waals surface area contributed by atoms with Gasteiger partial charge in [0.15, 0.2) is 0 Å². The maximum absolute atomic E-state index is 12.2. The van der Waals surface area contributed by atoms with E-state index < -0.39 is 0 Å². The van der Waals surface area contributed by atoms with Crippen LogP contribution in [0.4, 0.5) is 4.39 Å². The van der Waals surface area contributed by atoms with Gasteiger partial charge in [0.2, 0.25) is 0 Å². The molecular formula is C21H23FN2. The number of hydrogen-bond acceptors (Lipinski definition) is 2. The lowest BCUT2D eigenvalue weighted by molar-refractivity contribution is 0.627. The largest absolute Gasteiger partial charge is 0.326 e. The van der Waals surface area contributed by atoms with E-state index in [2.05, 4.69) is 53.8 Å². The van der Waals surface area contributed by atoms with Crippen LogP contribution in [0.1, 0.15) is 16.7 Å². The molecule has 3 aromatic carbocycles. The van der Waals surface area contributed by atoms with Crippen molar-refractivity contribution in [1.29, 1.82) is 0 Å². The second-order valence-electron chi connectivity index (χ2n) is 5.41. The third-order valence-electron chi connectivity index (χ3n) is 3.49. The minimum absolute atomic E-state index is 0.216. The van der Waals surface area contributed by atoms with Gasteiger partial charge in [0, 0.05) is 19.6 Å². The van der Waals surface area contributed by atoms with Crippen LogP contribution in [0.3, 0.4) is 0 Å². The molecule has 24 heavy (non-hydrogen) atoms. The first-order valence-corrected chi connectivity index (χ1v) is 8.01. The van der Waals surface area contributed by atoms with Gasteiger partial charge in [0.1, 0.15) is 5.82 Å². The molecule has 0 spiro atoms. The van der Waals surface area contributed by atoms with Crippen molar-refractivity contribution in [3.8, 4) is 0 Å². The highest BCUT2D eigenvalue weighted by Gasteiger charge is 1.92. The summed E-state index contributed by atoms with van der Waals surface area (Å²) in [6.07, 6.45) is 0. The molecule has 3 aromatic rings. The Kier molecular flexibility index (Phi) is 7.68. The average Bonchev–Trinajstić information content (AvgIpc) is 2.65. The molecule has 3 heteroatoms. The summed E-state index contributed by atoms with van der Waals surface area (Å²) in [5.41, 5.74) is 8.89. The number of nitrogens with one attached hydrogen (secondary N) is 1. The Morgan fingerprint density at radius 2 is 1.08 bits per heavy atom. The Balaban J connectivity index is 0.000000198. The number of nitrogens with two attached hydrogens (primary N) is 1. The van der Waals surface area contributed by atoms with E-state index in [1.54, 1.807) is 12.1 Å². The smallest absolute Gasteiger partial charge is 0.123 e. The van der Waals surface area contributed by atoms with E-state index in [-0.39, 0.29) is 5.82 Å². The predicted molar refractivity (Wildman–Crippen MR) is 97.7 cm³/mol. The summed E-state index contributed by atoms with van der Waals surface area (Å²) in [6.45, 7) is 2.33. The molecule has 0 fully saturated rings. The number of benzene rings is 3. The minimum Gasteiger partial charge on any atom is -0.326 e. The van der Waals surface area contributed by atoms with E-state index in [9.17, 15) is 4.39 Å². The first-order chi connectivity index (χ1) is 11.8. The monoisotopic (exact) mass is 322 g/mol. The number of hydrogen-bond donors (Lipinski definition) is 2. The number of rotatable bonds is 5. The summed E-state index contributed by atoms with van der Waals surface area (Å²) in [6, 6.07) is 27.1. The van der Waals surface area contributed by atoms with E-state index >= 15 is 0 Å². The third-order valence-corrected chi connectivity index (χ3v) is 3.49. The lowest BCUT2D eigenvalue weighted by atomic mass is 10.2. The molecule has 3 rings (SSSR count). The Bertz CT molecular complexity index is 643. The quantitative estimate of drug-likeness (QED) is 0.736. The molecule has 0 aliphatic rings. The first-order valence-electron chi connectivity index (χ1n) is 8.01.